The third kappa shape index (κ3) is 3.41. The van der Waals surface area contributed by atoms with Crippen molar-refractivity contribution in [3.63, 3.8) is 0 Å². The second kappa shape index (κ2) is 6.29. The highest BCUT2D eigenvalue weighted by atomic mass is 16.5. The van der Waals surface area contributed by atoms with E-state index in [1.807, 2.05) is 20.2 Å². The van der Waals surface area contributed by atoms with E-state index in [4.69, 9.17) is 4.74 Å². The summed E-state index contributed by atoms with van der Waals surface area (Å²) < 4.78 is 5.22. The monoisotopic (exact) mass is 267 g/mol. The predicted molar refractivity (Wildman–Crippen MR) is 87.4 cm³/mol. The summed E-state index contributed by atoms with van der Waals surface area (Å²) >= 11 is 0. The number of hydrogen-bond acceptors (Lipinski definition) is 2. The molecular weight excluding hydrogens is 246 g/mol. The van der Waals surface area contributed by atoms with Gasteiger partial charge in [-0.2, -0.15) is 0 Å². The van der Waals surface area contributed by atoms with Crippen molar-refractivity contribution >= 4 is 17.8 Å². The van der Waals surface area contributed by atoms with Crippen molar-refractivity contribution in [1.82, 2.24) is 0 Å². The van der Waals surface area contributed by atoms with E-state index in [1.165, 1.54) is 22.4 Å². The zero-order valence-corrected chi connectivity index (χ0v) is 12.6. The van der Waals surface area contributed by atoms with Gasteiger partial charge in [0, 0.05) is 19.8 Å². The quantitative estimate of drug-likeness (QED) is 0.768. The molecule has 0 amide bonds. The predicted octanol–water partition coefficient (Wildman–Crippen LogP) is 4.24. The van der Waals surface area contributed by atoms with Crippen molar-refractivity contribution in [3.8, 4) is 5.75 Å². The minimum atomic E-state index is 0.898. The Morgan fingerprint density at radius 2 is 1.65 bits per heavy atom. The fraction of sp³-hybridized carbons (Fsp3) is 0.222. The van der Waals surface area contributed by atoms with E-state index >= 15 is 0 Å². The molecule has 0 aliphatic rings. The summed E-state index contributed by atoms with van der Waals surface area (Å²) in [5.41, 5.74) is 4.83. The van der Waals surface area contributed by atoms with Gasteiger partial charge >= 0.3 is 0 Å². The summed E-state index contributed by atoms with van der Waals surface area (Å²) in [6, 6.07) is 14.6. The van der Waals surface area contributed by atoms with Gasteiger partial charge in [-0.3, -0.25) is 0 Å². The van der Waals surface area contributed by atoms with E-state index in [9.17, 15) is 0 Å². The van der Waals surface area contributed by atoms with Gasteiger partial charge in [0.15, 0.2) is 0 Å². The first-order valence-corrected chi connectivity index (χ1v) is 6.70. The molecule has 2 heteroatoms. The molecule has 2 aromatic carbocycles. The molecule has 2 rings (SSSR count). The highest BCUT2D eigenvalue weighted by Gasteiger charge is 1.97. The van der Waals surface area contributed by atoms with Crippen molar-refractivity contribution in [3.05, 3.63) is 59.2 Å². The van der Waals surface area contributed by atoms with Crippen molar-refractivity contribution in [2.24, 2.45) is 0 Å². The van der Waals surface area contributed by atoms with Gasteiger partial charge in [-0.05, 0) is 47.9 Å². The Kier molecular flexibility index (Phi) is 4.46. The lowest BCUT2D eigenvalue weighted by Crippen LogP contribution is -2.07. The second-order valence-electron chi connectivity index (χ2n) is 5.04. The molecule has 0 saturated carbocycles. The summed E-state index contributed by atoms with van der Waals surface area (Å²) in [7, 11) is 5.79. The van der Waals surface area contributed by atoms with Crippen LogP contribution in [0.15, 0.2) is 42.5 Å². The standard InChI is InChI=1S/C18H21NO/c1-14-13-18(20-4)12-9-16(14)8-5-15-6-10-17(11-7-15)19(2)3/h5-13H,1-4H3. The number of nitrogens with zero attached hydrogens (tertiary/aromatic N) is 1. The second-order valence-corrected chi connectivity index (χ2v) is 5.04. The average molecular weight is 267 g/mol. The molecule has 0 aromatic heterocycles. The highest BCUT2D eigenvalue weighted by Crippen LogP contribution is 2.19. The summed E-state index contributed by atoms with van der Waals surface area (Å²) in [4.78, 5) is 2.10. The van der Waals surface area contributed by atoms with Crippen LogP contribution in [0.3, 0.4) is 0 Å². The van der Waals surface area contributed by atoms with E-state index in [-0.39, 0.29) is 0 Å². The first kappa shape index (κ1) is 14.2. The summed E-state index contributed by atoms with van der Waals surface area (Å²) in [5.74, 6) is 0.898. The van der Waals surface area contributed by atoms with Crippen molar-refractivity contribution in [2.45, 2.75) is 6.92 Å². The SMILES string of the molecule is COc1ccc(C=Cc2ccc(N(C)C)cc2)c(C)c1. The normalized spacial score (nSPS) is 10.8. The molecule has 0 atom stereocenters. The molecule has 0 N–H and O–H groups in total. The molecule has 0 aliphatic heterocycles. The molecular formula is C18H21NO. The molecule has 0 radical (unpaired) electrons. The van der Waals surface area contributed by atoms with Gasteiger partial charge in [-0.25, -0.2) is 0 Å². The van der Waals surface area contributed by atoms with Gasteiger partial charge in [-0.1, -0.05) is 30.4 Å². The van der Waals surface area contributed by atoms with Crippen LogP contribution in [0.1, 0.15) is 16.7 Å². The van der Waals surface area contributed by atoms with Crippen LogP contribution in [0.2, 0.25) is 0 Å². The average Bonchev–Trinajstić information content (AvgIpc) is 2.46. The molecule has 2 nitrogen and oxygen atoms in total. The Morgan fingerprint density at radius 1 is 0.950 bits per heavy atom. The maximum absolute atomic E-state index is 5.22. The molecule has 20 heavy (non-hydrogen) atoms. The molecule has 0 saturated heterocycles. The van der Waals surface area contributed by atoms with E-state index in [2.05, 4.69) is 60.4 Å². The van der Waals surface area contributed by atoms with E-state index in [0.29, 0.717) is 0 Å². The Bertz CT molecular complexity index is 597. The first-order chi connectivity index (χ1) is 9.60. The van der Waals surface area contributed by atoms with Crippen LogP contribution in [0.25, 0.3) is 12.2 Å². The Labute approximate surface area is 121 Å². The third-order valence-corrected chi connectivity index (χ3v) is 3.34. The molecule has 0 fully saturated rings. The number of hydrogen-bond donors (Lipinski definition) is 0. The Hall–Kier alpha value is -2.22. The van der Waals surface area contributed by atoms with Crippen LogP contribution in [0, 0.1) is 6.92 Å². The fourth-order valence-electron chi connectivity index (χ4n) is 2.03. The van der Waals surface area contributed by atoms with Crippen LogP contribution < -0.4 is 9.64 Å². The lowest BCUT2D eigenvalue weighted by molar-refractivity contribution is 0.414. The topological polar surface area (TPSA) is 12.5 Å². The lowest BCUT2D eigenvalue weighted by Gasteiger charge is -2.11. The number of anilines is 1. The van der Waals surface area contributed by atoms with Gasteiger partial charge in [-0.15, -0.1) is 0 Å². The number of aryl methyl sites for hydroxylation is 1. The van der Waals surface area contributed by atoms with Crippen LogP contribution in [0.5, 0.6) is 5.75 Å². The minimum absolute atomic E-state index is 0.898. The van der Waals surface area contributed by atoms with Crippen LogP contribution in [-0.4, -0.2) is 21.2 Å². The Balaban J connectivity index is 2.16. The first-order valence-electron chi connectivity index (χ1n) is 6.70. The summed E-state index contributed by atoms with van der Waals surface area (Å²) in [6.45, 7) is 2.09. The van der Waals surface area contributed by atoms with Crippen LogP contribution in [0.4, 0.5) is 5.69 Å². The maximum atomic E-state index is 5.22. The zero-order chi connectivity index (χ0) is 14.5. The van der Waals surface area contributed by atoms with E-state index in [1.54, 1.807) is 7.11 Å². The maximum Gasteiger partial charge on any atom is 0.119 e. The molecule has 0 bridgehead atoms. The zero-order valence-electron chi connectivity index (χ0n) is 12.6. The van der Waals surface area contributed by atoms with E-state index < -0.39 is 0 Å². The van der Waals surface area contributed by atoms with Gasteiger partial charge < -0.3 is 9.64 Å². The number of benzene rings is 2. The van der Waals surface area contributed by atoms with Gasteiger partial charge in [0.05, 0.1) is 7.11 Å². The molecule has 2 aromatic rings. The smallest absolute Gasteiger partial charge is 0.119 e. The molecule has 0 spiro atoms. The largest absolute Gasteiger partial charge is 0.497 e. The van der Waals surface area contributed by atoms with Crippen LogP contribution in [-0.2, 0) is 0 Å². The fourth-order valence-corrected chi connectivity index (χ4v) is 2.03. The molecule has 0 heterocycles. The lowest BCUT2D eigenvalue weighted by atomic mass is 10.1. The Morgan fingerprint density at radius 3 is 2.20 bits per heavy atom. The van der Waals surface area contributed by atoms with Gasteiger partial charge in [0.2, 0.25) is 0 Å². The van der Waals surface area contributed by atoms with Crippen molar-refractivity contribution in [1.29, 1.82) is 0 Å². The van der Waals surface area contributed by atoms with Crippen molar-refractivity contribution in [2.75, 3.05) is 26.1 Å². The van der Waals surface area contributed by atoms with Crippen molar-refractivity contribution < 1.29 is 4.74 Å². The number of methoxy groups -OCH3 is 1. The van der Waals surface area contributed by atoms with E-state index in [0.717, 1.165) is 5.75 Å². The highest BCUT2D eigenvalue weighted by molar-refractivity contribution is 5.72. The van der Waals surface area contributed by atoms with Gasteiger partial charge in [0.1, 0.15) is 5.75 Å². The third-order valence-electron chi connectivity index (χ3n) is 3.34. The summed E-state index contributed by atoms with van der Waals surface area (Å²) in [5, 5.41) is 0. The molecule has 0 unspecified atom stereocenters. The van der Waals surface area contributed by atoms with Crippen LogP contribution >= 0.6 is 0 Å². The number of ether oxygens (including phenoxy) is 1. The van der Waals surface area contributed by atoms with Gasteiger partial charge in [0.25, 0.3) is 0 Å². The minimum Gasteiger partial charge on any atom is -0.497 e. The number of rotatable bonds is 4. The molecule has 0 aliphatic carbocycles. The molecule has 104 valence electrons. The summed E-state index contributed by atoms with van der Waals surface area (Å²) in [6.07, 6.45) is 4.27.